The Balaban J connectivity index is -0.000000101. The molecule has 0 radical (unpaired) electrons. The Morgan fingerprint density at radius 3 is 0.917 bits per heavy atom. The van der Waals surface area contributed by atoms with Crippen molar-refractivity contribution in [2.24, 2.45) is 22.9 Å². The van der Waals surface area contributed by atoms with E-state index in [-0.39, 0.29) is 0 Å². The Bertz CT molecular complexity index is 69.1. The highest BCUT2D eigenvalue weighted by molar-refractivity contribution is 5.53. The Hall–Kier alpha value is -0.890. The van der Waals surface area contributed by atoms with Gasteiger partial charge in [0.2, 0.25) is 0 Å². The lowest BCUT2D eigenvalue weighted by molar-refractivity contribution is 0.137. The van der Waals surface area contributed by atoms with E-state index in [2.05, 4.69) is 0 Å². The molecule has 7 heteroatoms. The second-order valence-corrected chi connectivity index (χ2v) is 1.44. The number of nitrogens with two attached hydrogens (primary N) is 4. The minimum Gasteiger partial charge on any atom is -0.450 e. The number of carboxylic acid groups (broad SMARTS) is 2. The van der Waals surface area contributed by atoms with Gasteiger partial charge in [-0.05, 0) is 0 Å². The molecule has 0 saturated heterocycles. The summed E-state index contributed by atoms with van der Waals surface area (Å²) in [6.45, 7) is 2.39. The molecule has 0 unspecified atom stereocenters. The number of hydrogen-bond donors (Lipinski definition) is 6. The van der Waals surface area contributed by atoms with Crippen molar-refractivity contribution >= 4 is 6.16 Å². The maximum absolute atomic E-state index is 8.56. The van der Waals surface area contributed by atoms with Crippen LogP contribution < -0.4 is 22.9 Å². The zero-order valence-corrected chi connectivity index (χ0v) is 6.94. The Labute approximate surface area is 71.3 Å². The molecule has 10 N–H and O–H groups in total. The third-order valence-corrected chi connectivity index (χ3v) is 0.333. The Kier molecular flexibility index (Phi) is 32.3. The van der Waals surface area contributed by atoms with E-state index in [0.717, 1.165) is 0 Å². The predicted octanol–water partition coefficient (Wildman–Crippen LogP) is -1.97. The normalized spacial score (nSPS) is 7.00. The average molecular weight is 182 g/mol. The van der Waals surface area contributed by atoms with Gasteiger partial charge in [0.15, 0.2) is 0 Å². The first-order valence-electron chi connectivity index (χ1n) is 3.28. The van der Waals surface area contributed by atoms with Gasteiger partial charge in [0, 0.05) is 26.2 Å². The van der Waals surface area contributed by atoms with Crippen molar-refractivity contribution in [1.82, 2.24) is 0 Å². The van der Waals surface area contributed by atoms with Gasteiger partial charge in [-0.3, -0.25) is 0 Å². The van der Waals surface area contributed by atoms with Crippen LogP contribution in [0, 0.1) is 0 Å². The van der Waals surface area contributed by atoms with Gasteiger partial charge in [0.1, 0.15) is 0 Å². The van der Waals surface area contributed by atoms with E-state index in [1.54, 1.807) is 0 Å². The minimum absolute atomic E-state index is 0.597. The summed E-state index contributed by atoms with van der Waals surface area (Å²) in [7, 11) is 0. The number of carbonyl (C=O) groups is 1. The summed E-state index contributed by atoms with van der Waals surface area (Å²) in [6.07, 6.45) is -1.83. The fourth-order valence-corrected chi connectivity index (χ4v) is 0. The second kappa shape index (κ2) is 22.5. The maximum Gasteiger partial charge on any atom is 0.503 e. The SMILES string of the molecule is NCCN.NCCN.O=C(O)O. The lowest BCUT2D eigenvalue weighted by Crippen LogP contribution is -2.11. The smallest absolute Gasteiger partial charge is 0.450 e. The molecule has 0 rings (SSSR count). The van der Waals surface area contributed by atoms with E-state index in [1.807, 2.05) is 0 Å². The summed E-state index contributed by atoms with van der Waals surface area (Å²) in [5.74, 6) is 0. The highest BCUT2D eigenvalue weighted by atomic mass is 16.6. The second-order valence-electron chi connectivity index (χ2n) is 1.44. The summed E-state index contributed by atoms with van der Waals surface area (Å²) in [5, 5.41) is 13.9. The first kappa shape index (κ1) is 17.3. The van der Waals surface area contributed by atoms with Crippen molar-refractivity contribution in [3.63, 3.8) is 0 Å². The van der Waals surface area contributed by atoms with Crippen LogP contribution in [-0.4, -0.2) is 42.5 Å². The van der Waals surface area contributed by atoms with Crippen molar-refractivity contribution in [1.29, 1.82) is 0 Å². The molecule has 0 aromatic rings. The minimum atomic E-state index is -1.83. The van der Waals surface area contributed by atoms with Crippen molar-refractivity contribution in [2.45, 2.75) is 0 Å². The van der Waals surface area contributed by atoms with Crippen LogP contribution in [0.1, 0.15) is 0 Å². The summed E-state index contributed by atoms with van der Waals surface area (Å²) < 4.78 is 0. The fraction of sp³-hybridized carbons (Fsp3) is 0.800. The molecule has 0 fully saturated rings. The lowest BCUT2D eigenvalue weighted by Gasteiger charge is -1.72. The van der Waals surface area contributed by atoms with Gasteiger partial charge in [-0.2, -0.15) is 0 Å². The van der Waals surface area contributed by atoms with Crippen molar-refractivity contribution < 1.29 is 15.0 Å². The number of rotatable bonds is 2. The molecular formula is C5H18N4O3. The summed E-state index contributed by atoms with van der Waals surface area (Å²) >= 11 is 0. The molecule has 0 aliphatic heterocycles. The third-order valence-electron chi connectivity index (χ3n) is 0.333. The standard InChI is InChI=1S/2C2H8N2.CH2O3/c2*3-1-2-4;2-1(3)4/h2*1-4H2;(H2,2,3,4). The lowest BCUT2D eigenvalue weighted by atomic mass is 10.7. The van der Waals surface area contributed by atoms with E-state index in [1.165, 1.54) is 0 Å². The van der Waals surface area contributed by atoms with Gasteiger partial charge in [-0.25, -0.2) is 4.79 Å². The third kappa shape index (κ3) is 486. The Morgan fingerprint density at radius 2 is 0.917 bits per heavy atom. The highest BCUT2D eigenvalue weighted by Crippen LogP contribution is 1.42. The van der Waals surface area contributed by atoms with Crippen LogP contribution in [0.3, 0.4) is 0 Å². The molecular weight excluding hydrogens is 164 g/mol. The monoisotopic (exact) mass is 182 g/mol. The first-order valence-corrected chi connectivity index (χ1v) is 3.28. The van der Waals surface area contributed by atoms with Gasteiger partial charge in [-0.15, -0.1) is 0 Å². The summed E-state index contributed by atoms with van der Waals surface area (Å²) in [5.41, 5.74) is 19.6. The molecule has 0 amide bonds. The molecule has 12 heavy (non-hydrogen) atoms. The molecule has 0 saturated carbocycles. The molecule has 7 nitrogen and oxygen atoms in total. The van der Waals surface area contributed by atoms with E-state index in [0.29, 0.717) is 26.2 Å². The van der Waals surface area contributed by atoms with Gasteiger partial charge in [0.25, 0.3) is 0 Å². The van der Waals surface area contributed by atoms with Gasteiger partial charge in [-0.1, -0.05) is 0 Å². The zero-order chi connectivity index (χ0) is 10.4. The zero-order valence-electron chi connectivity index (χ0n) is 6.94. The molecule has 0 atom stereocenters. The average Bonchev–Trinajstić information content (AvgIpc) is 2.03. The molecule has 0 aromatic heterocycles. The van der Waals surface area contributed by atoms with Gasteiger partial charge >= 0.3 is 6.16 Å². The molecule has 76 valence electrons. The van der Waals surface area contributed by atoms with Crippen molar-refractivity contribution in [3.8, 4) is 0 Å². The van der Waals surface area contributed by atoms with E-state index in [9.17, 15) is 0 Å². The fourth-order valence-electron chi connectivity index (χ4n) is 0. The quantitative estimate of drug-likeness (QED) is 0.288. The molecule has 0 spiro atoms. The van der Waals surface area contributed by atoms with Crippen LogP contribution in [0.2, 0.25) is 0 Å². The van der Waals surface area contributed by atoms with Gasteiger partial charge in [0.05, 0.1) is 0 Å². The topological polar surface area (TPSA) is 162 Å². The van der Waals surface area contributed by atoms with E-state index in [4.69, 9.17) is 37.9 Å². The molecule has 0 bridgehead atoms. The number of hydrogen-bond acceptors (Lipinski definition) is 5. The molecule has 0 aliphatic carbocycles. The molecule has 0 heterocycles. The highest BCUT2D eigenvalue weighted by Gasteiger charge is 1.70. The van der Waals surface area contributed by atoms with Crippen LogP contribution in [0.4, 0.5) is 4.79 Å². The Morgan fingerprint density at radius 1 is 0.833 bits per heavy atom. The van der Waals surface area contributed by atoms with Crippen LogP contribution >= 0.6 is 0 Å². The van der Waals surface area contributed by atoms with Crippen LogP contribution in [0.15, 0.2) is 0 Å². The predicted molar refractivity (Wildman–Crippen MR) is 46.9 cm³/mol. The van der Waals surface area contributed by atoms with Crippen molar-refractivity contribution in [2.75, 3.05) is 26.2 Å². The summed E-state index contributed by atoms with van der Waals surface area (Å²) in [6, 6.07) is 0. The largest absolute Gasteiger partial charge is 0.503 e. The van der Waals surface area contributed by atoms with Crippen LogP contribution in [-0.2, 0) is 0 Å². The molecule has 0 aromatic carbocycles. The maximum atomic E-state index is 8.56. The molecule has 0 aliphatic rings. The van der Waals surface area contributed by atoms with E-state index < -0.39 is 6.16 Å². The summed E-state index contributed by atoms with van der Waals surface area (Å²) in [4.78, 5) is 8.56. The van der Waals surface area contributed by atoms with Crippen LogP contribution in [0.5, 0.6) is 0 Å². The van der Waals surface area contributed by atoms with Crippen molar-refractivity contribution in [3.05, 3.63) is 0 Å². The van der Waals surface area contributed by atoms with Gasteiger partial charge < -0.3 is 33.1 Å². The first-order chi connectivity index (χ1) is 5.56. The van der Waals surface area contributed by atoms with Crippen LogP contribution in [0.25, 0.3) is 0 Å². The van der Waals surface area contributed by atoms with E-state index >= 15 is 0 Å².